The summed E-state index contributed by atoms with van der Waals surface area (Å²) in [5.74, 6) is -0.651. The normalized spacial score (nSPS) is 10.4. The fraction of sp³-hybridized carbons (Fsp3) is 0. The molecule has 0 atom stereocenters. The summed E-state index contributed by atoms with van der Waals surface area (Å²) in [4.78, 5) is 24.5. The number of benzene rings is 3. The number of nitrogens with zero attached hydrogens (tertiary/aromatic N) is 2. The molecule has 0 unspecified atom stereocenters. The standard InChI is InChI=1S/C23H17N3O4/c27-22(21-13-14-24-26(21)16-7-3-1-4-8-16)25-20-15-18(11-12-19(20)23(28)29)30-17-9-5-2-6-10-17/h1-15H,(H,25,27)(H,28,29). The van der Waals surface area contributed by atoms with Crippen LogP contribution in [0, 0.1) is 0 Å². The number of hydrogen-bond donors (Lipinski definition) is 2. The summed E-state index contributed by atoms with van der Waals surface area (Å²) in [6, 6.07) is 24.2. The van der Waals surface area contributed by atoms with Gasteiger partial charge in [-0.25, -0.2) is 9.48 Å². The molecule has 7 heteroatoms. The Labute approximate surface area is 172 Å². The molecule has 0 aliphatic rings. The van der Waals surface area contributed by atoms with Crippen LogP contribution in [0.3, 0.4) is 0 Å². The van der Waals surface area contributed by atoms with Crippen molar-refractivity contribution in [2.45, 2.75) is 0 Å². The lowest BCUT2D eigenvalue weighted by molar-refractivity contribution is 0.0698. The monoisotopic (exact) mass is 399 g/mol. The number of ether oxygens (including phenoxy) is 1. The van der Waals surface area contributed by atoms with Crippen molar-refractivity contribution >= 4 is 17.6 Å². The predicted molar refractivity (Wildman–Crippen MR) is 111 cm³/mol. The van der Waals surface area contributed by atoms with Gasteiger partial charge >= 0.3 is 5.97 Å². The summed E-state index contributed by atoms with van der Waals surface area (Å²) in [5, 5.41) is 16.4. The van der Waals surface area contributed by atoms with Crippen molar-refractivity contribution < 1.29 is 19.4 Å². The van der Waals surface area contributed by atoms with Crippen molar-refractivity contribution in [1.82, 2.24) is 9.78 Å². The largest absolute Gasteiger partial charge is 0.478 e. The molecule has 4 aromatic rings. The topological polar surface area (TPSA) is 93.4 Å². The molecule has 0 radical (unpaired) electrons. The van der Waals surface area contributed by atoms with Gasteiger partial charge in [0.15, 0.2) is 0 Å². The Morgan fingerprint density at radius 2 is 1.57 bits per heavy atom. The van der Waals surface area contributed by atoms with E-state index in [2.05, 4.69) is 10.4 Å². The average Bonchev–Trinajstić information content (AvgIpc) is 3.25. The molecule has 3 aromatic carbocycles. The van der Waals surface area contributed by atoms with E-state index in [0.29, 0.717) is 17.2 Å². The summed E-state index contributed by atoms with van der Waals surface area (Å²) >= 11 is 0. The number of aromatic nitrogens is 2. The van der Waals surface area contributed by atoms with Crippen LogP contribution in [0.25, 0.3) is 5.69 Å². The highest BCUT2D eigenvalue weighted by Gasteiger charge is 2.18. The third kappa shape index (κ3) is 4.05. The fourth-order valence-electron chi connectivity index (χ4n) is 2.94. The van der Waals surface area contributed by atoms with Crippen LogP contribution in [0.2, 0.25) is 0 Å². The van der Waals surface area contributed by atoms with Crippen LogP contribution >= 0.6 is 0 Å². The number of amides is 1. The van der Waals surface area contributed by atoms with Crippen LogP contribution in [0.1, 0.15) is 20.8 Å². The van der Waals surface area contributed by atoms with Crippen LogP contribution in [-0.4, -0.2) is 26.8 Å². The number of rotatable bonds is 6. The molecule has 0 fully saturated rings. The number of para-hydroxylation sites is 2. The number of carbonyl (C=O) groups excluding carboxylic acids is 1. The lowest BCUT2D eigenvalue weighted by Crippen LogP contribution is -2.18. The maximum atomic E-state index is 12.9. The van der Waals surface area contributed by atoms with Gasteiger partial charge in [0.2, 0.25) is 0 Å². The molecule has 148 valence electrons. The number of aromatic carboxylic acids is 1. The molecule has 1 amide bonds. The lowest BCUT2D eigenvalue weighted by atomic mass is 10.1. The van der Waals surface area contributed by atoms with Gasteiger partial charge in [-0.1, -0.05) is 36.4 Å². The quantitative estimate of drug-likeness (QED) is 0.494. The zero-order valence-electron chi connectivity index (χ0n) is 15.7. The molecular formula is C23H17N3O4. The number of carboxylic acids is 1. The Bertz CT molecular complexity index is 1190. The molecule has 30 heavy (non-hydrogen) atoms. The summed E-state index contributed by atoms with van der Waals surface area (Å²) < 4.78 is 7.24. The molecule has 1 aromatic heterocycles. The summed E-state index contributed by atoms with van der Waals surface area (Å²) in [6.07, 6.45) is 1.51. The van der Waals surface area contributed by atoms with E-state index >= 15 is 0 Å². The molecule has 1 heterocycles. The van der Waals surface area contributed by atoms with E-state index in [4.69, 9.17) is 4.74 Å². The minimum absolute atomic E-state index is 0.0467. The van der Waals surface area contributed by atoms with Crippen LogP contribution in [0.4, 0.5) is 5.69 Å². The Morgan fingerprint density at radius 3 is 2.27 bits per heavy atom. The zero-order valence-corrected chi connectivity index (χ0v) is 15.7. The maximum Gasteiger partial charge on any atom is 0.337 e. The number of carboxylic acid groups (broad SMARTS) is 1. The second-order valence-electron chi connectivity index (χ2n) is 6.35. The van der Waals surface area contributed by atoms with Gasteiger partial charge in [0, 0.05) is 6.07 Å². The molecule has 2 N–H and O–H groups in total. The Balaban J connectivity index is 1.64. The highest BCUT2D eigenvalue weighted by molar-refractivity contribution is 6.07. The van der Waals surface area contributed by atoms with Gasteiger partial charge in [-0.15, -0.1) is 0 Å². The van der Waals surface area contributed by atoms with Crippen molar-refractivity contribution in [2.75, 3.05) is 5.32 Å². The third-order valence-electron chi connectivity index (χ3n) is 4.32. The molecule has 7 nitrogen and oxygen atoms in total. The van der Waals surface area contributed by atoms with E-state index < -0.39 is 11.9 Å². The predicted octanol–water partition coefficient (Wildman–Crippen LogP) is 4.62. The molecule has 0 aliphatic carbocycles. The molecule has 0 saturated heterocycles. The van der Waals surface area contributed by atoms with E-state index in [0.717, 1.165) is 0 Å². The van der Waals surface area contributed by atoms with E-state index in [-0.39, 0.29) is 16.9 Å². The van der Waals surface area contributed by atoms with E-state index in [1.54, 1.807) is 24.3 Å². The first-order valence-corrected chi connectivity index (χ1v) is 9.13. The second kappa shape index (κ2) is 8.32. The molecule has 0 bridgehead atoms. The lowest BCUT2D eigenvalue weighted by Gasteiger charge is -2.12. The summed E-state index contributed by atoms with van der Waals surface area (Å²) in [5.41, 5.74) is 1.07. The van der Waals surface area contributed by atoms with Crippen LogP contribution < -0.4 is 10.1 Å². The van der Waals surface area contributed by atoms with E-state index in [1.807, 2.05) is 48.5 Å². The molecule has 4 rings (SSSR count). The first kappa shape index (κ1) is 18.9. The van der Waals surface area contributed by atoms with Crippen LogP contribution in [0.15, 0.2) is 91.1 Å². The Kier molecular flexibility index (Phi) is 5.25. The first-order valence-electron chi connectivity index (χ1n) is 9.13. The van der Waals surface area contributed by atoms with Gasteiger partial charge in [-0.05, 0) is 42.5 Å². The van der Waals surface area contributed by atoms with Crippen molar-refractivity contribution in [3.8, 4) is 17.2 Å². The summed E-state index contributed by atoms with van der Waals surface area (Å²) in [6.45, 7) is 0. The maximum absolute atomic E-state index is 12.9. The molecule has 0 spiro atoms. The number of anilines is 1. The van der Waals surface area contributed by atoms with Crippen LogP contribution in [0.5, 0.6) is 11.5 Å². The molecular weight excluding hydrogens is 382 g/mol. The van der Waals surface area contributed by atoms with Gasteiger partial charge in [0.25, 0.3) is 5.91 Å². The van der Waals surface area contributed by atoms with E-state index in [9.17, 15) is 14.7 Å². The highest BCUT2D eigenvalue weighted by atomic mass is 16.5. The van der Waals surface area contributed by atoms with Gasteiger partial charge in [0.05, 0.1) is 23.1 Å². The fourth-order valence-corrected chi connectivity index (χ4v) is 2.94. The third-order valence-corrected chi connectivity index (χ3v) is 4.32. The molecule has 0 saturated carbocycles. The number of carbonyl (C=O) groups is 2. The first-order chi connectivity index (χ1) is 14.6. The van der Waals surface area contributed by atoms with Crippen molar-refractivity contribution in [3.05, 3.63) is 102 Å². The number of hydrogen-bond acceptors (Lipinski definition) is 4. The van der Waals surface area contributed by atoms with Crippen LogP contribution in [-0.2, 0) is 0 Å². The minimum Gasteiger partial charge on any atom is -0.478 e. The summed E-state index contributed by atoms with van der Waals surface area (Å²) in [7, 11) is 0. The second-order valence-corrected chi connectivity index (χ2v) is 6.35. The van der Waals surface area contributed by atoms with Crippen molar-refractivity contribution in [3.63, 3.8) is 0 Å². The van der Waals surface area contributed by atoms with Gasteiger partial charge < -0.3 is 15.2 Å². The van der Waals surface area contributed by atoms with Gasteiger partial charge in [-0.2, -0.15) is 5.10 Å². The minimum atomic E-state index is -1.16. The SMILES string of the molecule is O=C(O)c1ccc(Oc2ccccc2)cc1NC(=O)c1ccnn1-c1ccccc1. The zero-order chi connectivity index (χ0) is 20.9. The smallest absolute Gasteiger partial charge is 0.337 e. The average molecular weight is 399 g/mol. The Morgan fingerprint density at radius 1 is 0.867 bits per heavy atom. The highest BCUT2D eigenvalue weighted by Crippen LogP contribution is 2.27. The van der Waals surface area contributed by atoms with E-state index in [1.165, 1.54) is 23.0 Å². The number of nitrogens with one attached hydrogen (secondary N) is 1. The van der Waals surface area contributed by atoms with Crippen molar-refractivity contribution in [1.29, 1.82) is 0 Å². The van der Waals surface area contributed by atoms with Crippen molar-refractivity contribution in [2.24, 2.45) is 0 Å². The van der Waals surface area contributed by atoms with Gasteiger partial charge in [-0.3, -0.25) is 4.79 Å². The van der Waals surface area contributed by atoms with Gasteiger partial charge in [0.1, 0.15) is 17.2 Å². The molecule has 0 aliphatic heterocycles. The Hall–Kier alpha value is -4.39.